The highest BCUT2D eigenvalue weighted by atomic mass is 79.9. The minimum Gasteiger partial charge on any atom is -0.395 e. The van der Waals surface area contributed by atoms with E-state index in [0.717, 1.165) is 4.47 Å². The molecule has 1 aromatic carbocycles. The van der Waals surface area contributed by atoms with Gasteiger partial charge in [-0.3, -0.25) is 4.90 Å². The van der Waals surface area contributed by atoms with Crippen molar-refractivity contribution in [1.82, 2.24) is 4.90 Å². The van der Waals surface area contributed by atoms with Gasteiger partial charge in [-0.1, -0.05) is 22.0 Å². The highest BCUT2D eigenvalue weighted by Gasteiger charge is 2.08. The van der Waals surface area contributed by atoms with Crippen molar-refractivity contribution in [3.63, 3.8) is 0 Å². The Kier molecular flexibility index (Phi) is 5.66. The Labute approximate surface area is 104 Å². The Bertz CT molecular complexity index is 357. The lowest BCUT2D eigenvalue weighted by atomic mass is 10.2. The van der Waals surface area contributed by atoms with E-state index in [4.69, 9.17) is 5.11 Å². The summed E-state index contributed by atoms with van der Waals surface area (Å²) in [7, 11) is 0. The molecule has 0 atom stereocenters. The van der Waals surface area contributed by atoms with Crippen molar-refractivity contribution >= 4 is 15.9 Å². The SMILES string of the molecule is C=CCN(CCO)Cc1cc(Br)ccc1F. The van der Waals surface area contributed by atoms with Crippen LogP contribution in [0.4, 0.5) is 4.39 Å². The Morgan fingerprint density at radius 2 is 2.25 bits per heavy atom. The Hall–Kier alpha value is -0.710. The topological polar surface area (TPSA) is 23.5 Å². The van der Waals surface area contributed by atoms with Crippen molar-refractivity contribution in [2.45, 2.75) is 6.54 Å². The molecule has 16 heavy (non-hydrogen) atoms. The molecule has 0 aromatic heterocycles. The highest BCUT2D eigenvalue weighted by molar-refractivity contribution is 9.10. The normalized spacial score (nSPS) is 10.8. The average Bonchev–Trinajstić information content (AvgIpc) is 2.24. The van der Waals surface area contributed by atoms with E-state index in [9.17, 15) is 4.39 Å². The highest BCUT2D eigenvalue weighted by Crippen LogP contribution is 2.17. The van der Waals surface area contributed by atoms with Crippen LogP contribution < -0.4 is 0 Å². The third-order valence-corrected chi connectivity index (χ3v) is 2.70. The molecule has 0 fully saturated rings. The van der Waals surface area contributed by atoms with E-state index in [1.807, 2.05) is 4.90 Å². The molecule has 2 nitrogen and oxygen atoms in total. The minimum absolute atomic E-state index is 0.0590. The molecule has 1 rings (SSSR count). The van der Waals surface area contributed by atoms with Crippen LogP contribution in [0.15, 0.2) is 35.3 Å². The standard InChI is InChI=1S/C12H15BrFNO/c1-2-5-15(6-7-16)9-10-8-11(13)3-4-12(10)14/h2-4,8,16H,1,5-7,9H2. The van der Waals surface area contributed by atoms with E-state index < -0.39 is 0 Å². The van der Waals surface area contributed by atoms with Crippen molar-refractivity contribution in [2.75, 3.05) is 19.7 Å². The number of nitrogens with zero attached hydrogens (tertiary/aromatic N) is 1. The van der Waals surface area contributed by atoms with Crippen LogP contribution in [0.2, 0.25) is 0 Å². The fourth-order valence-electron chi connectivity index (χ4n) is 1.46. The molecule has 88 valence electrons. The quantitative estimate of drug-likeness (QED) is 0.813. The average molecular weight is 288 g/mol. The molecule has 0 aliphatic carbocycles. The zero-order valence-electron chi connectivity index (χ0n) is 9.00. The predicted octanol–water partition coefficient (Wildman–Crippen LogP) is 2.57. The van der Waals surface area contributed by atoms with E-state index >= 15 is 0 Å². The Balaban J connectivity index is 2.75. The Morgan fingerprint density at radius 1 is 1.50 bits per heavy atom. The van der Waals surface area contributed by atoms with E-state index in [1.54, 1.807) is 18.2 Å². The number of rotatable bonds is 6. The summed E-state index contributed by atoms with van der Waals surface area (Å²) in [6, 6.07) is 4.86. The van der Waals surface area contributed by atoms with Gasteiger partial charge in [0.15, 0.2) is 0 Å². The minimum atomic E-state index is -0.227. The van der Waals surface area contributed by atoms with Crippen LogP contribution in [-0.2, 0) is 6.54 Å². The molecule has 0 heterocycles. The molecule has 0 radical (unpaired) electrons. The van der Waals surface area contributed by atoms with Crippen molar-refractivity contribution in [2.24, 2.45) is 0 Å². The molecule has 4 heteroatoms. The fourth-order valence-corrected chi connectivity index (χ4v) is 1.87. The first kappa shape index (κ1) is 13.4. The van der Waals surface area contributed by atoms with Crippen LogP contribution in [0, 0.1) is 5.82 Å². The van der Waals surface area contributed by atoms with Crippen LogP contribution in [0.25, 0.3) is 0 Å². The molecule has 1 aromatic rings. The van der Waals surface area contributed by atoms with Crippen molar-refractivity contribution < 1.29 is 9.50 Å². The maximum Gasteiger partial charge on any atom is 0.127 e. The molecule has 0 saturated carbocycles. The van der Waals surface area contributed by atoms with Crippen LogP contribution in [0.1, 0.15) is 5.56 Å². The molecule has 1 N–H and O–H groups in total. The van der Waals surface area contributed by atoms with E-state index in [1.165, 1.54) is 6.07 Å². The zero-order valence-corrected chi connectivity index (χ0v) is 10.6. The summed E-state index contributed by atoms with van der Waals surface area (Å²) in [6.07, 6.45) is 1.74. The van der Waals surface area contributed by atoms with E-state index in [0.29, 0.717) is 25.2 Å². The molecule has 0 bridgehead atoms. The molecule has 0 unspecified atom stereocenters. The lowest BCUT2D eigenvalue weighted by Crippen LogP contribution is -2.27. The van der Waals surface area contributed by atoms with Gasteiger partial charge < -0.3 is 5.11 Å². The smallest absolute Gasteiger partial charge is 0.127 e. The van der Waals surface area contributed by atoms with Gasteiger partial charge in [0.1, 0.15) is 5.82 Å². The molecule has 0 saturated heterocycles. The van der Waals surface area contributed by atoms with Gasteiger partial charge in [0, 0.05) is 29.7 Å². The number of hydrogen-bond donors (Lipinski definition) is 1. The summed E-state index contributed by atoms with van der Waals surface area (Å²) in [5.41, 5.74) is 0.615. The fraction of sp³-hybridized carbons (Fsp3) is 0.333. The summed E-state index contributed by atoms with van der Waals surface area (Å²) in [5.74, 6) is -0.227. The van der Waals surface area contributed by atoms with Gasteiger partial charge in [-0.2, -0.15) is 0 Å². The maximum atomic E-state index is 13.5. The van der Waals surface area contributed by atoms with E-state index in [-0.39, 0.29) is 12.4 Å². The van der Waals surface area contributed by atoms with Crippen molar-refractivity contribution in [3.8, 4) is 0 Å². The van der Waals surface area contributed by atoms with Crippen LogP contribution in [0.3, 0.4) is 0 Å². The first-order valence-corrected chi connectivity index (χ1v) is 5.84. The summed E-state index contributed by atoms with van der Waals surface area (Å²) in [5, 5.41) is 8.89. The molecule has 0 amide bonds. The number of hydrogen-bond acceptors (Lipinski definition) is 2. The van der Waals surface area contributed by atoms with Gasteiger partial charge in [-0.15, -0.1) is 6.58 Å². The van der Waals surface area contributed by atoms with Gasteiger partial charge in [0.2, 0.25) is 0 Å². The molecule has 0 aliphatic rings. The number of halogens is 2. The first-order valence-electron chi connectivity index (χ1n) is 5.05. The number of aliphatic hydroxyl groups excluding tert-OH is 1. The predicted molar refractivity (Wildman–Crippen MR) is 66.7 cm³/mol. The summed E-state index contributed by atoms with van der Waals surface area (Å²) < 4.78 is 14.3. The van der Waals surface area contributed by atoms with E-state index in [2.05, 4.69) is 22.5 Å². The zero-order chi connectivity index (χ0) is 12.0. The van der Waals surface area contributed by atoms with Crippen LogP contribution in [-0.4, -0.2) is 29.7 Å². The maximum absolute atomic E-state index is 13.5. The monoisotopic (exact) mass is 287 g/mol. The molecular formula is C12H15BrFNO. The van der Waals surface area contributed by atoms with Gasteiger partial charge in [-0.25, -0.2) is 4.39 Å². The summed E-state index contributed by atoms with van der Waals surface area (Å²) in [4.78, 5) is 1.93. The Morgan fingerprint density at radius 3 is 2.88 bits per heavy atom. The third kappa shape index (κ3) is 4.04. The largest absolute Gasteiger partial charge is 0.395 e. The second-order valence-corrected chi connectivity index (χ2v) is 4.40. The second kappa shape index (κ2) is 6.78. The van der Waals surface area contributed by atoms with Gasteiger partial charge in [0.05, 0.1) is 6.61 Å². The lowest BCUT2D eigenvalue weighted by molar-refractivity contribution is 0.202. The lowest BCUT2D eigenvalue weighted by Gasteiger charge is -2.19. The van der Waals surface area contributed by atoms with Crippen LogP contribution in [0.5, 0.6) is 0 Å². The molecule has 0 aliphatic heterocycles. The van der Waals surface area contributed by atoms with Gasteiger partial charge >= 0.3 is 0 Å². The van der Waals surface area contributed by atoms with Gasteiger partial charge in [-0.05, 0) is 18.2 Å². The summed E-state index contributed by atoms with van der Waals surface area (Å²) >= 11 is 3.31. The third-order valence-electron chi connectivity index (χ3n) is 2.21. The summed E-state index contributed by atoms with van der Waals surface area (Å²) in [6.45, 7) is 5.31. The van der Waals surface area contributed by atoms with Crippen molar-refractivity contribution in [3.05, 3.63) is 46.7 Å². The van der Waals surface area contributed by atoms with Gasteiger partial charge in [0.25, 0.3) is 0 Å². The molecule has 0 spiro atoms. The number of benzene rings is 1. The second-order valence-electron chi connectivity index (χ2n) is 3.48. The molecular weight excluding hydrogens is 273 g/mol. The van der Waals surface area contributed by atoms with Crippen molar-refractivity contribution in [1.29, 1.82) is 0 Å². The first-order chi connectivity index (χ1) is 7.67. The van der Waals surface area contributed by atoms with Crippen LogP contribution >= 0.6 is 15.9 Å². The number of aliphatic hydroxyl groups is 1.